The monoisotopic (exact) mass is 405 g/mol. The number of hydrogen-bond donors (Lipinski definition) is 1. The summed E-state index contributed by atoms with van der Waals surface area (Å²) in [5.41, 5.74) is -1.18. The lowest BCUT2D eigenvalue weighted by Gasteiger charge is -2.34. The minimum absolute atomic E-state index is 0.287. The number of aromatic carboxylic acids is 1. The quantitative estimate of drug-likeness (QED) is 0.755. The molecule has 0 aliphatic carbocycles. The van der Waals surface area contributed by atoms with Crippen molar-refractivity contribution in [3.05, 3.63) is 42.0 Å². The molecule has 0 spiro atoms. The maximum atomic E-state index is 13.8. The van der Waals surface area contributed by atoms with Crippen LogP contribution in [0.4, 0.5) is 8.78 Å². The summed E-state index contributed by atoms with van der Waals surface area (Å²) in [4.78, 5) is 21.4. The number of hydrogen-bond acceptors (Lipinski definition) is 5. The molecule has 1 aromatic heterocycles. The van der Waals surface area contributed by atoms with Crippen LogP contribution in [0.15, 0.2) is 30.6 Å². The van der Waals surface area contributed by atoms with Gasteiger partial charge in [0.25, 0.3) is 0 Å². The van der Waals surface area contributed by atoms with E-state index in [1.807, 2.05) is 0 Å². The molecule has 1 aromatic carbocycles. The number of ether oxygens (including phenoxy) is 1. The molecule has 1 aliphatic heterocycles. The molecule has 1 fully saturated rings. The van der Waals surface area contributed by atoms with E-state index in [4.69, 9.17) is 9.84 Å². The minimum Gasteiger partial charge on any atom is -0.490 e. The molecule has 8 heteroatoms. The van der Waals surface area contributed by atoms with Crippen molar-refractivity contribution in [2.75, 3.05) is 26.2 Å². The van der Waals surface area contributed by atoms with Crippen molar-refractivity contribution in [3.8, 4) is 17.1 Å². The number of nitrogens with zero attached hydrogens (tertiary/aromatic N) is 3. The maximum absolute atomic E-state index is 13.8. The first kappa shape index (κ1) is 21.1. The molecule has 29 heavy (non-hydrogen) atoms. The van der Waals surface area contributed by atoms with Gasteiger partial charge in [0.05, 0.1) is 24.6 Å². The molecule has 3 rings (SSSR count). The molecule has 2 heterocycles. The van der Waals surface area contributed by atoms with Gasteiger partial charge < -0.3 is 14.7 Å². The molecule has 156 valence electrons. The highest BCUT2D eigenvalue weighted by molar-refractivity contribution is 5.88. The average molecular weight is 405 g/mol. The fourth-order valence-corrected chi connectivity index (χ4v) is 3.42. The van der Waals surface area contributed by atoms with Crippen LogP contribution in [0.2, 0.25) is 0 Å². The Balaban J connectivity index is 1.51. The second kappa shape index (κ2) is 8.82. The molecule has 0 bridgehead atoms. The number of halogens is 2. The normalized spacial score (nSPS) is 16.0. The van der Waals surface area contributed by atoms with Crippen molar-refractivity contribution in [2.24, 2.45) is 5.92 Å². The van der Waals surface area contributed by atoms with Crippen LogP contribution in [0.25, 0.3) is 11.4 Å². The molecule has 0 radical (unpaired) electrons. The predicted octanol–water partition coefficient (Wildman–Crippen LogP) is 3.82. The molecule has 1 aliphatic rings. The zero-order valence-corrected chi connectivity index (χ0v) is 16.6. The van der Waals surface area contributed by atoms with Gasteiger partial charge in [-0.1, -0.05) is 6.07 Å². The number of carbonyl (C=O) groups is 1. The minimum atomic E-state index is -1.32. The Morgan fingerprint density at radius 3 is 2.48 bits per heavy atom. The Hall–Kier alpha value is -2.61. The number of carboxylic acids is 1. The Bertz CT molecular complexity index is 845. The van der Waals surface area contributed by atoms with Crippen molar-refractivity contribution in [1.82, 2.24) is 14.9 Å². The topological polar surface area (TPSA) is 75.5 Å². The van der Waals surface area contributed by atoms with Gasteiger partial charge in [-0.2, -0.15) is 0 Å². The van der Waals surface area contributed by atoms with Gasteiger partial charge in [0, 0.05) is 12.1 Å². The second-order valence-electron chi connectivity index (χ2n) is 7.99. The van der Waals surface area contributed by atoms with E-state index in [2.05, 4.69) is 14.9 Å². The first-order valence-electron chi connectivity index (χ1n) is 9.60. The van der Waals surface area contributed by atoms with Crippen LogP contribution < -0.4 is 4.74 Å². The summed E-state index contributed by atoms with van der Waals surface area (Å²) in [5, 5.41) is 8.89. The zero-order chi connectivity index (χ0) is 21.0. The molecule has 1 saturated heterocycles. The third-order valence-corrected chi connectivity index (χ3v) is 4.88. The van der Waals surface area contributed by atoms with Gasteiger partial charge in [0.2, 0.25) is 0 Å². The Morgan fingerprint density at radius 1 is 1.28 bits per heavy atom. The van der Waals surface area contributed by atoms with Crippen LogP contribution >= 0.6 is 0 Å². The number of alkyl halides is 1. The van der Waals surface area contributed by atoms with Gasteiger partial charge in [-0.25, -0.2) is 23.5 Å². The third-order valence-electron chi connectivity index (χ3n) is 4.88. The van der Waals surface area contributed by atoms with E-state index in [9.17, 15) is 13.6 Å². The van der Waals surface area contributed by atoms with E-state index in [1.165, 1.54) is 24.5 Å². The lowest BCUT2D eigenvalue weighted by Crippen LogP contribution is -2.41. The number of benzene rings is 1. The van der Waals surface area contributed by atoms with Crippen LogP contribution in [-0.2, 0) is 0 Å². The van der Waals surface area contributed by atoms with Crippen LogP contribution in [0.5, 0.6) is 5.75 Å². The standard InChI is InChI=1S/C21H25F2N3O3/c1-21(2,23)13-26-7-5-14(6-8-26)12-29-16-10-24-19(25-11-16)15-3-4-17(20(27)28)18(22)9-15/h3-4,9-11,14H,5-8,12-13H2,1-2H3,(H,27,28). The highest BCUT2D eigenvalue weighted by atomic mass is 19.1. The van der Waals surface area contributed by atoms with Gasteiger partial charge in [0.1, 0.15) is 11.5 Å². The summed E-state index contributed by atoms with van der Waals surface area (Å²) >= 11 is 0. The maximum Gasteiger partial charge on any atom is 0.338 e. The van der Waals surface area contributed by atoms with Crippen molar-refractivity contribution in [2.45, 2.75) is 32.4 Å². The molecular weight excluding hydrogens is 380 g/mol. The second-order valence-corrected chi connectivity index (χ2v) is 7.99. The number of piperidine rings is 1. The van der Waals surface area contributed by atoms with Gasteiger partial charge in [-0.05, 0) is 57.8 Å². The molecule has 0 atom stereocenters. The van der Waals surface area contributed by atoms with Crippen LogP contribution in [0, 0.1) is 11.7 Å². The Morgan fingerprint density at radius 2 is 1.93 bits per heavy atom. The summed E-state index contributed by atoms with van der Waals surface area (Å²) in [6, 6.07) is 3.76. The summed E-state index contributed by atoms with van der Waals surface area (Å²) in [6.45, 7) is 5.90. The number of rotatable bonds is 7. The van der Waals surface area contributed by atoms with E-state index in [1.54, 1.807) is 13.8 Å². The number of likely N-dealkylation sites (tertiary alicyclic amines) is 1. The molecule has 6 nitrogen and oxygen atoms in total. The first-order chi connectivity index (χ1) is 13.7. The van der Waals surface area contributed by atoms with Crippen molar-refractivity contribution < 1.29 is 23.4 Å². The molecule has 0 amide bonds. The van der Waals surface area contributed by atoms with E-state index < -0.39 is 23.0 Å². The van der Waals surface area contributed by atoms with Crippen LogP contribution in [0.1, 0.15) is 37.0 Å². The van der Waals surface area contributed by atoms with Crippen molar-refractivity contribution in [1.29, 1.82) is 0 Å². The SMILES string of the molecule is CC(C)(F)CN1CCC(COc2cnc(-c3ccc(C(=O)O)c(F)c3)nc2)CC1. The van der Waals surface area contributed by atoms with Crippen LogP contribution in [0.3, 0.4) is 0 Å². The van der Waals surface area contributed by atoms with Crippen molar-refractivity contribution >= 4 is 5.97 Å². The van der Waals surface area contributed by atoms with Gasteiger partial charge >= 0.3 is 5.97 Å². The molecule has 0 saturated carbocycles. The third kappa shape index (κ3) is 5.93. The smallest absolute Gasteiger partial charge is 0.338 e. The van der Waals surface area contributed by atoms with Crippen LogP contribution in [-0.4, -0.2) is 57.9 Å². The highest BCUT2D eigenvalue weighted by Gasteiger charge is 2.25. The molecule has 2 aromatic rings. The summed E-state index contributed by atoms with van der Waals surface area (Å²) in [7, 11) is 0. The molecule has 0 unspecified atom stereocenters. The molecule has 1 N–H and O–H groups in total. The zero-order valence-electron chi connectivity index (χ0n) is 16.6. The molecular formula is C21H25F2N3O3. The average Bonchev–Trinajstić information content (AvgIpc) is 2.66. The fourth-order valence-electron chi connectivity index (χ4n) is 3.42. The summed E-state index contributed by atoms with van der Waals surface area (Å²) < 4.78 is 33.3. The first-order valence-corrected chi connectivity index (χ1v) is 9.60. The Labute approximate surface area is 168 Å². The Kier molecular flexibility index (Phi) is 6.42. The lowest BCUT2D eigenvalue weighted by molar-refractivity contribution is 0.0691. The summed E-state index contributed by atoms with van der Waals surface area (Å²) in [5.74, 6) is -0.954. The number of carboxylic acid groups (broad SMARTS) is 1. The fraction of sp³-hybridized carbons (Fsp3) is 0.476. The van der Waals surface area contributed by atoms with Crippen molar-refractivity contribution in [3.63, 3.8) is 0 Å². The van der Waals surface area contributed by atoms with E-state index in [0.717, 1.165) is 32.0 Å². The van der Waals surface area contributed by atoms with Gasteiger partial charge in [-0.15, -0.1) is 0 Å². The van der Waals surface area contributed by atoms with E-state index >= 15 is 0 Å². The lowest BCUT2D eigenvalue weighted by atomic mass is 9.97. The summed E-state index contributed by atoms with van der Waals surface area (Å²) in [6.07, 6.45) is 4.94. The van der Waals surface area contributed by atoms with Gasteiger partial charge in [0.15, 0.2) is 11.6 Å². The largest absolute Gasteiger partial charge is 0.490 e. The van der Waals surface area contributed by atoms with E-state index in [0.29, 0.717) is 30.4 Å². The van der Waals surface area contributed by atoms with E-state index in [-0.39, 0.29) is 5.82 Å². The number of aromatic nitrogens is 2. The highest BCUT2D eigenvalue weighted by Crippen LogP contribution is 2.23. The van der Waals surface area contributed by atoms with Gasteiger partial charge in [-0.3, -0.25) is 0 Å². The predicted molar refractivity (Wildman–Crippen MR) is 104 cm³/mol.